The summed E-state index contributed by atoms with van der Waals surface area (Å²) in [5, 5.41) is 2.95. The normalized spacial score (nSPS) is 14.4. The van der Waals surface area contributed by atoms with Crippen LogP contribution in [0, 0.1) is 5.92 Å². The summed E-state index contributed by atoms with van der Waals surface area (Å²) in [5.41, 5.74) is 0.734. The summed E-state index contributed by atoms with van der Waals surface area (Å²) in [7, 11) is 0. The van der Waals surface area contributed by atoms with Gasteiger partial charge in [0.25, 0.3) is 0 Å². The standard InChI is InChI=1S/C22H26N2O4/c1-3-27-19-8-10-21(11-9-19)28-20-6-4-18(5-7-20)23-22(26)17-12-14-24(15-13-17)16(2)25/h4-11,17H,3,12-15H2,1-2H3,(H,23,26). The van der Waals surface area contributed by atoms with Gasteiger partial charge in [0.1, 0.15) is 17.2 Å². The summed E-state index contributed by atoms with van der Waals surface area (Å²) >= 11 is 0. The van der Waals surface area contributed by atoms with E-state index in [0.717, 1.165) is 17.2 Å². The summed E-state index contributed by atoms with van der Waals surface area (Å²) in [6.45, 7) is 5.42. The molecule has 6 heteroatoms. The van der Waals surface area contributed by atoms with Crippen molar-refractivity contribution in [3.8, 4) is 17.2 Å². The van der Waals surface area contributed by atoms with E-state index in [1.165, 1.54) is 0 Å². The molecular weight excluding hydrogens is 356 g/mol. The molecule has 6 nitrogen and oxygen atoms in total. The molecule has 2 aromatic carbocycles. The largest absolute Gasteiger partial charge is 0.494 e. The molecule has 1 N–H and O–H groups in total. The van der Waals surface area contributed by atoms with Crippen LogP contribution < -0.4 is 14.8 Å². The van der Waals surface area contributed by atoms with Gasteiger partial charge in [-0.2, -0.15) is 0 Å². The van der Waals surface area contributed by atoms with Crippen LogP contribution in [0.25, 0.3) is 0 Å². The van der Waals surface area contributed by atoms with Gasteiger partial charge in [-0.1, -0.05) is 0 Å². The first kappa shape index (κ1) is 19.7. The predicted molar refractivity (Wildman–Crippen MR) is 108 cm³/mol. The molecular formula is C22H26N2O4. The summed E-state index contributed by atoms with van der Waals surface area (Å²) in [6.07, 6.45) is 1.40. The topological polar surface area (TPSA) is 67.9 Å². The molecule has 0 spiro atoms. The lowest BCUT2D eigenvalue weighted by atomic mass is 9.96. The Labute approximate surface area is 165 Å². The van der Waals surface area contributed by atoms with Crippen LogP contribution in [0.4, 0.5) is 5.69 Å². The Hall–Kier alpha value is -3.02. The lowest BCUT2D eigenvalue weighted by molar-refractivity contribution is -0.132. The van der Waals surface area contributed by atoms with Crippen molar-refractivity contribution in [2.45, 2.75) is 26.7 Å². The smallest absolute Gasteiger partial charge is 0.227 e. The zero-order chi connectivity index (χ0) is 19.9. The van der Waals surface area contributed by atoms with Crippen molar-refractivity contribution in [3.63, 3.8) is 0 Å². The molecule has 3 rings (SSSR count). The number of amides is 2. The fraction of sp³-hybridized carbons (Fsp3) is 0.364. The first-order chi connectivity index (χ1) is 13.5. The average Bonchev–Trinajstić information content (AvgIpc) is 2.71. The number of ether oxygens (including phenoxy) is 2. The number of piperidine rings is 1. The van der Waals surface area contributed by atoms with Gasteiger partial charge in [0.05, 0.1) is 6.61 Å². The second-order valence-corrected chi connectivity index (χ2v) is 6.80. The highest BCUT2D eigenvalue weighted by atomic mass is 16.5. The van der Waals surface area contributed by atoms with E-state index in [0.29, 0.717) is 38.3 Å². The molecule has 0 atom stereocenters. The lowest BCUT2D eigenvalue weighted by Crippen LogP contribution is -2.40. The number of nitrogens with one attached hydrogen (secondary N) is 1. The van der Waals surface area contributed by atoms with Crippen LogP contribution in [0.2, 0.25) is 0 Å². The van der Waals surface area contributed by atoms with Gasteiger partial charge in [-0.25, -0.2) is 0 Å². The Balaban J connectivity index is 1.51. The molecule has 0 radical (unpaired) electrons. The van der Waals surface area contributed by atoms with E-state index < -0.39 is 0 Å². The Morgan fingerprint density at radius 2 is 1.50 bits per heavy atom. The molecule has 0 aliphatic carbocycles. The number of rotatable bonds is 6. The fourth-order valence-corrected chi connectivity index (χ4v) is 3.21. The van der Waals surface area contributed by atoms with Crippen molar-refractivity contribution in [1.29, 1.82) is 0 Å². The zero-order valence-electron chi connectivity index (χ0n) is 16.3. The Bertz CT molecular complexity index is 794. The summed E-state index contributed by atoms with van der Waals surface area (Å²) in [4.78, 5) is 25.6. The lowest BCUT2D eigenvalue weighted by Gasteiger charge is -2.30. The summed E-state index contributed by atoms with van der Waals surface area (Å²) in [6, 6.07) is 14.7. The van der Waals surface area contributed by atoms with E-state index in [9.17, 15) is 9.59 Å². The van der Waals surface area contributed by atoms with Gasteiger partial charge < -0.3 is 19.7 Å². The molecule has 1 fully saturated rings. The molecule has 0 bridgehead atoms. The number of hydrogen-bond donors (Lipinski definition) is 1. The van der Waals surface area contributed by atoms with Crippen LogP contribution >= 0.6 is 0 Å². The predicted octanol–water partition coefficient (Wildman–Crippen LogP) is 4.07. The maximum Gasteiger partial charge on any atom is 0.227 e. The van der Waals surface area contributed by atoms with E-state index in [1.54, 1.807) is 11.8 Å². The van der Waals surface area contributed by atoms with Gasteiger partial charge in [0.2, 0.25) is 11.8 Å². The van der Waals surface area contributed by atoms with Crippen LogP contribution in [-0.4, -0.2) is 36.4 Å². The second kappa shape index (κ2) is 9.26. The molecule has 0 saturated carbocycles. The number of likely N-dealkylation sites (tertiary alicyclic amines) is 1. The quantitative estimate of drug-likeness (QED) is 0.818. The van der Waals surface area contributed by atoms with Gasteiger partial charge in [-0.05, 0) is 68.3 Å². The molecule has 1 heterocycles. The van der Waals surface area contributed by atoms with E-state index in [4.69, 9.17) is 9.47 Å². The molecule has 28 heavy (non-hydrogen) atoms. The van der Waals surface area contributed by atoms with E-state index in [-0.39, 0.29) is 17.7 Å². The third kappa shape index (κ3) is 5.25. The van der Waals surface area contributed by atoms with Crippen LogP contribution in [0.15, 0.2) is 48.5 Å². The van der Waals surface area contributed by atoms with Crippen molar-refractivity contribution in [2.75, 3.05) is 25.0 Å². The van der Waals surface area contributed by atoms with Gasteiger partial charge in [0, 0.05) is 31.6 Å². The van der Waals surface area contributed by atoms with E-state index in [2.05, 4.69) is 5.32 Å². The third-order valence-electron chi connectivity index (χ3n) is 4.80. The fourth-order valence-electron chi connectivity index (χ4n) is 3.21. The molecule has 0 unspecified atom stereocenters. The number of benzene rings is 2. The molecule has 2 aromatic rings. The van der Waals surface area contributed by atoms with Crippen molar-refractivity contribution in [1.82, 2.24) is 4.90 Å². The first-order valence-corrected chi connectivity index (χ1v) is 9.62. The molecule has 1 aliphatic rings. The van der Waals surface area contributed by atoms with Crippen LogP contribution in [0.3, 0.4) is 0 Å². The van der Waals surface area contributed by atoms with Crippen molar-refractivity contribution >= 4 is 17.5 Å². The SMILES string of the molecule is CCOc1ccc(Oc2ccc(NC(=O)C3CCN(C(C)=O)CC3)cc2)cc1. The molecule has 1 aliphatic heterocycles. The van der Waals surface area contributed by atoms with Crippen LogP contribution in [0.1, 0.15) is 26.7 Å². The van der Waals surface area contributed by atoms with Gasteiger partial charge in [0.15, 0.2) is 0 Å². The van der Waals surface area contributed by atoms with Crippen molar-refractivity contribution < 1.29 is 19.1 Å². The number of carbonyl (C=O) groups is 2. The van der Waals surface area contributed by atoms with E-state index >= 15 is 0 Å². The Morgan fingerprint density at radius 1 is 0.964 bits per heavy atom. The Kier molecular flexibility index (Phi) is 6.53. The van der Waals surface area contributed by atoms with Crippen LogP contribution in [-0.2, 0) is 9.59 Å². The maximum absolute atomic E-state index is 12.4. The highest BCUT2D eigenvalue weighted by Crippen LogP contribution is 2.26. The number of nitrogens with zero attached hydrogens (tertiary/aromatic N) is 1. The molecule has 0 aromatic heterocycles. The highest BCUT2D eigenvalue weighted by molar-refractivity contribution is 5.92. The van der Waals surface area contributed by atoms with E-state index in [1.807, 2.05) is 55.5 Å². The Morgan fingerprint density at radius 3 is 2.04 bits per heavy atom. The molecule has 2 amide bonds. The maximum atomic E-state index is 12.4. The van der Waals surface area contributed by atoms with Crippen LogP contribution in [0.5, 0.6) is 17.2 Å². The second-order valence-electron chi connectivity index (χ2n) is 6.80. The highest BCUT2D eigenvalue weighted by Gasteiger charge is 2.25. The number of anilines is 1. The third-order valence-corrected chi connectivity index (χ3v) is 4.80. The summed E-state index contributed by atoms with van der Waals surface area (Å²) in [5.74, 6) is 2.23. The monoisotopic (exact) mass is 382 g/mol. The molecule has 1 saturated heterocycles. The zero-order valence-corrected chi connectivity index (χ0v) is 16.3. The van der Waals surface area contributed by atoms with Crippen molar-refractivity contribution in [3.05, 3.63) is 48.5 Å². The van der Waals surface area contributed by atoms with Gasteiger partial charge in [-0.3, -0.25) is 9.59 Å². The van der Waals surface area contributed by atoms with Gasteiger partial charge in [-0.15, -0.1) is 0 Å². The van der Waals surface area contributed by atoms with Crippen molar-refractivity contribution in [2.24, 2.45) is 5.92 Å². The first-order valence-electron chi connectivity index (χ1n) is 9.62. The van der Waals surface area contributed by atoms with Gasteiger partial charge >= 0.3 is 0 Å². The minimum Gasteiger partial charge on any atom is -0.494 e. The minimum absolute atomic E-state index is 0.00313. The number of carbonyl (C=O) groups excluding carboxylic acids is 2. The average molecular weight is 382 g/mol. The minimum atomic E-state index is -0.0598. The number of hydrogen-bond acceptors (Lipinski definition) is 4. The molecule has 148 valence electrons. The summed E-state index contributed by atoms with van der Waals surface area (Å²) < 4.78 is 11.2.